The highest BCUT2D eigenvalue weighted by Crippen LogP contribution is 2.33. The van der Waals surface area contributed by atoms with Crippen LogP contribution < -0.4 is 10.5 Å². The van der Waals surface area contributed by atoms with Gasteiger partial charge in [0.25, 0.3) is 0 Å². The predicted octanol–water partition coefficient (Wildman–Crippen LogP) is 1.75. The van der Waals surface area contributed by atoms with Crippen molar-refractivity contribution >= 4 is 5.84 Å². The van der Waals surface area contributed by atoms with E-state index in [0.717, 1.165) is 0 Å². The van der Waals surface area contributed by atoms with Gasteiger partial charge in [-0.1, -0.05) is 5.16 Å². The summed E-state index contributed by atoms with van der Waals surface area (Å²) in [4.78, 5) is 4.13. The van der Waals surface area contributed by atoms with Crippen LogP contribution in [0.15, 0.2) is 23.6 Å². The lowest BCUT2D eigenvalue weighted by atomic mass is 10.1. The van der Waals surface area contributed by atoms with Gasteiger partial charge in [-0.2, -0.15) is 13.9 Å². The van der Waals surface area contributed by atoms with E-state index in [1.807, 2.05) is 0 Å². The molecule has 0 atom stereocenters. The molecule has 0 aliphatic rings. The molecule has 2 aromatic heterocycles. The van der Waals surface area contributed by atoms with Gasteiger partial charge in [-0.05, 0) is 13.0 Å². The molecule has 0 spiro atoms. The Balaban J connectivity index is 2.61. The van der Waals surface area contributed by atoms with Crippen LogP contribution in [0.4, 0.5) is 8.78 Å². The van der Waals surface area contributed by atoms with Crippen LogP contribution in [-0.4, -0.2) is 32.9 Å². The number of methoxy groups -OCH3 is 1. The minimum atomic E-state index is -2.74. The van der Waals surface area contributed by atoms with Crippen molar-refractivity contribution in [1.82, 2.24) is 14.8 Å². The molecule has 7 nitrogen and oxygen atoms in total. The van der Waals surface area contributed by atoms with Crippen molar-refractivity contribution in [3.8, 4) is 16.9 Å². The van der Waals surface area contributed by atoms with E-state index >= 15 is 0 Å². The van der Waals surface area contributed by atoms with Crippen molar-refractivity contribution in [3.63, 3.8) is 0 Å². The van der Waals surface area contributed by atoms with Crippen LogP contribution in [0.25, 0.3) is 11.1 Å². The number of nitrogens with two attached hydrogens (primary N) is 1. The lowest BCUT2D eigenvalue weighted by molar-refractivity contribution is 0.0566. The Morgan fingerprint density at radius 3 is 2.76 bits per heavy atom. The van der Waals surface area contributed by atoms with Crippen LogP contribution in [0, 0.1) is 6.92 Å². The number of amidine groups is 1. The molecule has 2 heterocycles. The second-order valence-corrected chi connectivity index (χ2v) is 4.15. The number of halogens is 2. The zero-order valence-electron chi connectivity index (χ0n) is 11.3. The average Bonchev–Trinajstić information content (AvgIpc) is 2.95. The highest BCUT2D eigenvalue weighted by Gasteiger charge is 2.17. The summed E-state index contributed by atoms with van der Waals surface area (Å²) < 4.78 is 31.0. The molecule has 2 rings (SSSR count). The van der Waals surface area contributed by atoms with Crippen LogP contribution in [-0.2, 0) is 0 Å². The molecule has 2 aromatic rings. The van der Waals surface area contributed by atoms with Crippen molar-refractivity contribution in [2.75, 3.05) is 7.11 Å². The minimum absolute atomic E-state index is 0.191. The van der Waals surface area contributed by atoms with Crippen molar-refractivity contribution < 1.29 is 18.7 Å². The van der Waals surface area contributed by atoms with Gasteiger partial charge in [-0.15, -0.1) is 0 Å². The summed E-state index contributed by atoms with van der Waals surface area (Å²) in [5.74, 6) is 0.210. The lowest BCUT2D eigenvalue weighted by Gasteiger charge is -2.11. The van der Waals surface area contributed by atoms with Gasteiger partial charge in [0.05, 0.1) is 19.0 Å². The third-order valence-electron chi connectivity index (χ3n) is 2.83. The number of nitrogens with zero attached hydrogens (tertiary/aromatic N) is 4. The maximum Gasteiger partial charge on any atom is 0.333 e. The quantitative estimate of drug-likeness (QED) is 0.388. The molecule has 0 aromatic carbocycles. The first-order chi connectivity index (χ1) is 9.97. The molecule has 0 radical (unpaired) electrons. The maximum absolute atomic E-state index is 12.6. The molecule has 0 aliphatic heterocycles. The molecule has 0 saturated carbocycles. The van der Waals surface area contributed by atoms with Crippen molar-refractivity contribution in [1.29, 1.82) is 0 Å². The van der Waals surface area contributed by atoms with Crippen molar-refractivity contribution in [2.24, 2.45) is 10.9 Å². The first kappa shape index (κ1) is 14.7. The number of aryl methyl sites for hydroxylation is 1. The Labute approximate surface area is 118 Å². The largest absolute Gasteiger partial charge is 0.494 e. The SMILES string of the molecule is COc1c(-c2cnn(C(F)F)c2)cc(/C(N)=N/O)nc1C. The zero-order valence-corrected chi connectivity index (χ0v) is 11.3. The van der Waals surface area contributed by atoms with Gasteiger partial charge in [-0.25, -0.2) is 9.67 Å². The molecular weight excluding hydrogens is 284 g/mol. The molecule has 9 heteroatoms. The smallest absolute Gasteiger partial charge is 0.333 e. The summed E-state index contributed by atoms with van der Waals surface area (Å²) in [6.45, 7) is -1.08. The highest BCUT2D eigenvalue weighted by molar-refractivity contribution is 5.96. The minimum Gasteiger partial charge on any atom is -0.494 e. The van der Waals surface area contributed by atoms with E-state index in [-0.39, 0.29) is 11.5 Å². The molecule has 0 amide bonds. The average molecular weight is 297 g/mol. The molecule has 0 bridgehead atoms. The Bertz CT molecular complexity index is 684. The molecular formula is C12H13F2N5O2. The van der Waals surface area contributed by atoms with Crippen LogP contribution in [0.1, 0.15) is 17.9 Å². The standard InChI is InChI=1S/C12H13F2N5O2/c1-6-10(21-2)8(3-9(17-6)11(15)18-20)7-4-16-19(5-7)12(13)14/h3-5,12,20H,1-2H3,(H2,15,18). The molecule has 0 unspecified atom stereocenters. The van der Waals surface area contributed by atoms with Crippen LogP contribution in [0.2, 0.25) is 0 Å². The van der Waals surface area contributed by atoms with Crippen LogP contribution in [0.3, 0.4) is 0 Å². The highest BCUT2D eigenvalue weighted by atomic mass is 19.3. The van der Waals surface area contributed by atoms with Gasteiger partial charge in [0.2, 0.25) is 0 Å². The lowest BCUT2D eigenvalue weighted by Crippen LogP contribution is -2.16. The third-order valence-corrected chi connectivity index (χ3v) is 2.83. The molecule has 0 saturated heterocycles. The van der Waals surface area contributed by atoms with Crippen LogP contribution >= 0.6 is 0 Å². The number of aromatic nitrogens is 3. The fourth-order valence-corrected chi connectivity index (χ4v) is 1.90. The predicted molar refractivity (Wildman–Crippen MR) is 70.5 cm³/mol. The van der Waals surface area contributed by atoms with E-state index in [0.29, 0.717) is 27.3 Å². The first-order valence-electron chi connectivity index (χ1n) is 5.84. The van der Waals surface area contributed by atoms with E-state index < -0.39 is 6.55 Å². The Hall–Kier alpha value is -2.71. The zero-order chi connectivity index (χ0) is 15.6. The summed E-state index contributed by atoms with van der Waals surface area (Å²) >= 11 is 0. The van der Waals surface area contributed by atoms with E-state index in [4.69, 9.17) is 15.7 Å². The van der Waals surface area contributed by atoms with Gasteiger partial charge in [0.1, 0.15) is 11.4 Å². The monoisotopic (exact) mass is 297 g/mol. The van der Waals surface area contributed by atoms with Crippen molar-refractivity contribution in [2.45, 2.75) is 13.5 Å². The molecule has 21 heavy (non-hydrogen) atoms. The molecule has 112 valence electrons. The third kappa shape index (κ3) is 2.76. The van der Waals surface area contributed by atoms with Gasteiger partial charge in [-0.3, -0.25) is 0 Å². The Morgan fingerprint density at radius 2 is 2.24 bits per heavy atom. The number of rotatable bonds is 4. The Kier molecular flexibility index (Phi) is 4.01. The Morgan fingerprint density at radius 1 is 1.52 bits per heavy atom. The topological polar surface area (TPSA) is 98.6 Å². The van der Waals surface area contributed by atoms with Crippen molar-refractivity contribution in [3.05, 3.63) is 29.8 Å². The molecule has 0 fully saturated rings. The summed E-state index contributed by atoms with van der Waals surface area (Å²) in [5.41, 5.74) is 7.07. The number of oxime groups is 1. The van der Waals surface area contributed by atoms with E-state index in [1.165, 1.54) is 25.6 Å². The summed E-state index contributed by atoms with van der Waals surface area (Å²) in [5, 5.41) is 15.2. The summed E-state index contributed by atoms with van der Waals surface area (Å²) in [7, 11) is 1.44. The summed E-state index contributed by atoms with van der Waals surface area (Å²) in [6.07, 6.45) is 2.46. The number of hydrogen-bond acceptors (Lipinski definition) is 5. The maximum atomic E-state index is 12.6. The van der Waals surface area contributed by atoms with Crippen LogP contribution in [0.5, 0.6) is 5.75 Å². The van der Waals surface area contributed by atoms with Gasteiger partial charge in [0, 0.05) is 17.3 Å². The van der Waals surface area contributed by atoms with Gasteiger partial charge >= 0.3 is 6.55 Å². The van der Waals surface area contributed by atoms with E-state index in [2.05, 4.69) is 15.2 Å². The second kappa shape index (κ2) is 5.73. The van der Waals surface area contributed by atoms with E-state index in [1.54, 1.807) is 6.92 Å². The first-order valence-corrected chi connectivity index (χ1v) is 5.84. The normalized spacial score (nSPS) is 12.0. The van der Waals surface area contributed by atoms with Gasteiger partial charge in [0.15, 0.2) is 5.84 Å². The molecule has 3 N–H and O–H groups in total. The second-order valence-electron chi connectivity index (χ2n) is 4.15. The number of alkyl halides is 2. The fraction of sp³-hybridized carbons (Fsp3) is 0.250. The number of hydrogen-bond donors (Lipinski definition) is 2. The van der Waals surface area contributed by atoms with E-state index in [9.17, 15) is 8.78 Å². The summed E-state index contributed by atoms with van der Waals surface area (Å²) in [6, 6.07) is 1.48. The fourth-order valence-electron chi connectivity index (χ4n) is 1.90. The van der Waals surface area contributed by atoms with Gasteiger partial charge < -0.3 is 15.7 Å². The molecule has 0 aliphatic carbocycles. The number of pyridine rings is 1. The number of ether oxygens (including phenoxy) is 1.